The van der Waals surface area contributed by atoms with Crippen LogP contribution < -0.4 is 15.0 Å². The quantitative estimate of drug-likeness (QED) is 0.783. The number of rotatable bonds is 7. The Kier molecular flexibility index (Phi) is 7.03. The van der Waals surface area contributed by atoms with Gasteiger partial charge in [0, 0.05) is 13.5 Å². The summed E-state index contributed by atoms with van der Waals surface area (Å²) in [5, 5.41) is 2.63. The van der Waals surface area contributed by atoms with Gasteiger partial charge in [-0.1, -0.05) is 24.3 Å². The van der Waals surface area contributed by atoms with Crippen LogP contribution in [0.25, 0.3) is 0 Å². The molecule has 0 aromatic heterocycles. The van der Waals surface area contributed by atoms with Crippen molar-refractivity contribution in [3.63, 3.8) is 0 Å². The number of halogens is 3. The summed E-state index contributed by atoms with van der Waals surface area (Å²) in [5.74, 6) is -0.509. The zero-order chi connectivity index (χ0) is 20.7. The predicted octanol–water partition coefficient (Wildman–Crippen LogP) is 3.43. The molecule has 0 aliphatic heterocycles. The molecule has 0 saturated heterocycles. The molecule has 1 N–H and O–H groups in total. The summed E-state index contributed by atoms with van der Waals surface area (Å²) in [6.45, 7) is 0.899. The summed E-state index contributed by atoms with van der Waals surface area (Å²) in [6, 6.07) is 12.0. The number of amides is 2. The summed E-state index contributed by atoms with van der Waals surface area (Å²) in [6.07, 6.45) is -4.12. The normalized spacial score (nSPS) is 11.0. The van der Waals surface area contributed by atoms with E-state index < -0.39 is 30.1 Å². The van der Waals surface area contributed by atoms with E-state index in [2.05, 4.69) is 5.32 Å². The number of alkyl halides is 3. The molecule has 0 unspecified atom stereocenters. The van der Waals surface area contributed by atoms with E-state index in [1.165, 1.54) is 18.2 Å². The lowest BCUT2D eigenvalue weighted by atomic mass is 10.1. The number of ether oxygens (including phenoxy) is 1. The molecule has 150 valence electrons. The smallest absolute Gasteiger partial charge is 0.418 e. The first-order valence-corrected chi connectivity index (χ1v) is 8.56. The Bertz CT molecular complexity index is 837. The predicted molar refractivity (Wildman–Crippen MR) is 99.2 cm³/mol. The molecule has 2 amide bonds. The second-order valence-electron chi connectivity index (χ2n) is 6.07. The van der Waals surface area contributed by atoms with Gasteiger partial charge in [0.05, 0.1) is 18.4 Å². The number of hydrogen-bond acceptors (Lipinski definition) is 3. The Labute approximate surface area is 161 Å². The molecule has 0 spiro atoms. The van der Waals surface area contributed by atoms with Crippen LogP contribution in [0, 0.1) is 0 Å². The molecule has 0 bridgehead atoms. The summed E-state index contributed by atoms with van der Waals surface area (Å²) in [5.41, 5.74) is -0.370. The number of para-hydroxylation sites is 1. The van der Waals surface area contributed by atoms with E-state index in [1.807, 2.05) is 18.2 Å². The number of benzene rings is 2. The highest BCUT2D eigenvalue weighted by Gasteiger charge is 2.35. The van der Waals surface area contributed by atoms with E-state index in [0.717, 1.165) is 23.5 Å². The SMILES string of the molecule is COc1cccc(CCNC(=O)CN(C(C)=O)c2ccccc2C(F)(F)F)c1. The first-order valence-electron chi connectivity index (χ1n) is 8.56. The largest absolute Gasteiger partial charge is 0.497 e. The van der Waals surface area contributed by atoms with E-state index in [1.54, 1.807) is 13.2 Å². The van der Waals surface area contributed by atoms with Gasteiger partial charge in [-0.2, -0.15) is 13.2 Å². The molecule has 5 nitrogen and oxygen atoms in total. The minimum absolute atomic E-state index is 0.276. The van der Waals surface area contributed by atoms with Crippen molar-refractivity contribution < 1.29 is 27.5 Å². The molecular weight excluding hydrogens is 373 g/mol. The van der Waals surface area contributed by atoms with E-state index in [0.29, 0.717) is 12.2 Å². The van der Waals surface area contributed by atoms with Gasteiger partial charge in [0.2, 0.25) is 11.8 Å². The Morgan fingerprint density at radius 1 is 1.11 bits per heavy atom. The van der Waals surface area contributed by atoms with Gasteiger partial charge in [0.25, 0.3) is 0 Å². The standard InChI is InChI=1S/C20H21F3N2O3/c1-14(26)25(18-9-4-3-8-17(18)20(21,22)23)13-19(27)24-11-10-15-6-5-7-16(12-15)28-2/h3-9,12H,10-11,13H2,1-2H3,(H,24,27). The molecular formula is C20H21F3N2O3. The van der Waals surface area contributed by atoms with Crippen molar-refractivity contribution in [2.24, 2.45) is 0 Å². The summed E-state index contributed by atoms with van der Waals surface area (Å²) < 4.78 is 44.8. The zero-order valence-corrected chi connectivity index (χ0v) is 15.5. The maximum absolute atomic E-state index is 13.2. The minimum atomic E-state index is -4.63. The van der Waals surface area contributed by atoms with Crippen LogP contribution >= 0.6 is 0 Å². The molecule has 0 heterocycles. The number of hydrogen-bond donors (Lipinski definition) is 1. The van der Waals surface area contributed by atoms with Gasteiger partial charge >= 0.3 is 6.18 Å². The molecule has 8 heteroatoms. The molecule has 0 radical (unpaired) electrons. The number of methoxy groups -OCH3 is 1. The maximum Gasteiger partial charge on any atom is 0.418 e. The van der Waals surface area contributed by atoms with Crippen LogP contribution in [0.3, 0.4) is 0 Å². The van der Waals surface area contributed by atoms with Gasteiger partial charge in [-0.3, -0.25) is 9.59 Å². The second-order valence-corrected chi connectivity index (χ2v) is 6.07. The fraction of sp³-hybridized carbons (Fsp3) is 0.300. The summed E-state index contributed by atoms with van der Waals surface area (Å²) in [4.78, 5) is 24.9. The van der Waals surface area contributed by atoms with Crippen molar-refractivity contribution >= 4 is 17.5 Å². The number of nitrogens with zero attached hydrogens (tertiary/aromatic N) is 1. The van der Waals surface area contributed by atoms with Crippen molar-refractivity contribution in [3.8, 4) is 5.75 Å². The summed E-state index contributed by atoms with van der Waals surface area (Å²) >= 11 is 0. The fourth-order valence-corrected chi connectivity index (χ4v) is 2.69. The monoisotopic (exact) mass is 394 g/mol. The fourth-order valence-electron chi connectivity index (χ4n) is 2.69. The van der Waals surface area contributed by atoms with E-state index in [9.17, 15) is 22.8 Å². The maximum atomic E-state index is 13.2. The van der Waals surface area contributed by atoms with E-state index >= 15 is 0 Å². The van der Waals surface area contributed by atoms with Crippen molar-refractivity contribution in [1.82, 2.24) is 5.32 Å². The Morgan fingerprint density at radius 2 is 1.82 bits per heavy atom. The van der Waals surface area contributed by atoms with Crippen LogP contribution in [0.15, 0.2) is 48.5 Å². The number of carbonyl (C=O) groups is 2. The Hall–Kier alpha value is -3.03. The third-order valence-electron chi connectivity index (χ3n) is 4.05. The Balaban J connectivity index is 2.03. The average molecular weight is 394 g/mol. The second kappa shape index (κ2) is 9.25. The summed E-state index contributed by atoms with van der Waals surface area (Å²) in [7, 11) is 1.55. The molecule has 0 aliphatic carbocycles. The van der Waals surface area contributed by atoms with E-state index in [4.69, 9.17) is 4.74 Å². The average Bonchev–Trinajstić information content (AvgIpc) is 2.65. The van der Waals surface area contributed by atoms with Gasteiger partial charge in [-0.05, 0) is 36.2 Å². The van der Waals surface area contributed by atoms with Crippen molar-refractivity contribution in [3.05, 3.63) is 59.7 Å². The lowest BCUT2D eigenvalue weighted by molar-refractivity contribution is -0.137. The molecule has 0 aliphatic rings. The first-order chi connectivity index (χ1) is 13.2. The topological polar surface area (TPSA) is 58.6 Å². The highest BCUT2D eigenvalue weighted by atomic mass is 19.4. The molecule has 2 aromatic rings. The highest BCUT2D eigenvalue weighted by molar-refractivity contribution is 5.98. The van der Waals surface area contributed by atoms with E-state index in [-0.39, 0.29) is 12.2 Å². The van der Waals surface area contributed by atoms with Gasteiger partial charge < -0.3 is 15.0 Å². The third kappa shape index (κ3) is 5.73. The molecule has 2 aromatic carbocycles. The molecule has 0 fully saturated rings. The number of anilines is 1. The lowest BCUT2D eigenvalue weighted by Crippen LogP contribution is -2.41. The van der Waals surface area contributed by atoms with Crippen molar-refractivity contribution in [2.45, 2.75) is 19.5 Å². The van der Waals surface area contributed by atoms with Gasteiger partial charge in [0.1, 0.15) is 12.3 Å². The van der Waals surface area contributed by atoms with Crippen LogP contribution in [0.4, 0.5) is 18.9 Å². The first kappa shape index (κ1) is 21.3. The lowest BCUT2D eigenvalue weighted by Gasteiger charge is -2.24. The molecule has 0 saturated carbocycles. The van der Waals surface area contributed by atoms with Crippen molar-refractivity contribution in [2.75, 3.05) is 25.1 Å². The van der Waals surface area contributed by atoms with Crippen LogP contribution in [-0.4, -0.2) is 32.0 Å². The number of nitrogens with one attached hydrogen (secondary N) is 1. The molecule has 2 rings (SSSR count). The van der Waals surface area contributed by atoms with Crippen LogP contribution in [0.2, 0.25) is 0 Å². The van der Waals surface area contributed by atoms with Gasteiger partial charge in [-0.25, -0.2) is 0 Å². The molecule has 0 atom stereocenters. The number of carbonyl (C=O) groups excluding carboxylic acids is 2. The van der Waals surface area contributed by atoms with Gasteiger partial charge in [0.15, 0.2) is 0 Å². The van der Waals surface area contributed by atoms with Gasteiger partial charge in [-0.15, -0.1) is 0 Å². The highest BCUT2D eigenvalue weighted by Crippen LogP contribution is 2.36. The van der Waals surface area contributed by atoms with Crippen LogP contribution in [0.5, 0.6) is 5.75 Å². The Morgan fingerprint density at radius 3 is 2.46 bits per heavy atom. The molecule has 28 heavy (non-hydrogen) atoms. The van der Waals surface area contributed by atoms with Crippen LogP contribution in [-0.2, 0) is 22.2 Å². The van der Waals surface area contributed by atoms with Crippen LogP contribution in [0.1, 0.15) is 18.1 Å². The minimum Gasteiger partial charge on any atom is -0.497 e. The zero-order valence-electron chi connectivity index (χ0n) is 15.5. The van der Waals surface area contributed by atoms with Crippen molar-refractivity contribution in [1.29, 1.82) is 0 Å². The third-order valence-corrected chi connectivity index (χ3v) is 4.05.